The Morgan fingerprint density at radius 1 is 1.12 bits per heavy atom. The highest BCUT2D eigenvalue weighted by Crippen LogP contribution is 2.51. The van der Waals surface area contributed by atoms with E-state index in [2.05, 4.69) is 43.0 Å². The highest BCUT2D eigenvalue weighted by atomic mass is 16.6. The standard InChI is InChI=1S/C20H29N3O2/c1-20-10-13-21(2)18(20)22(3)17-9-8-15(14-16(17)20)25-19(24)23-11-6-4-5-7-12-23/h8-9,14,18H,4-7,10-13H2,1-3H3/t18-,20-/m0/s1. The van der Waals surface area contributed by atoms with Crippen molar-refractivity contribution in [1.82, 2.24) is 9.80 Å². The molecule has 3 heterocycles. The predicted octanol–water partition coefficient (Wildman–Crippen LogP) is 3.43. The number of likely N-dealkylation sites (N-methyl/N-ethyl adjacent to an activating group) is 2. The summed E-state index contributed by atoms with van der Waals surface area (Å²) in [5, 5.41) is 0. The van der Waals surface area contributed by atoms with Crippen LogP contribution in [0.15, 0.2) is 18.2 Å². The minimum atomic E-state index is -0.196. The Bertz CT molecular complexity index is 669. The minimum Gasteiger partial charge on any atom is -0.410 e. The van der Waals surface area contributed by atoms with Gasteiger partial charge in [0.25, 0.3) is 0 Å². The average molecular weight is 343 g/mol. The largest absolute Gasteiger partial charge is 0.415 e. The van der Waals surface area contributed by atoms with Gasteiger partial charge < -0.3 is 14.5 Å². The highest BCUT2D eigenvalue weighted by molar-refractivity contribution is 5.72. The van der Waals surface area contributed by atoms with E-state index in [1.165, 1.54) is 24.1 Å². The number of ether oxygens (including phenoxy) is 1. The number of carbonyl (C=O) groups excluding carboxylic acids is 1. The van der Waals surface area contributed by atoms with E-state index in [9.17, 15) is 4.79 Å². The van der Waals surface area contributed by atoms with Gasteiger partial charge in [-0.15, -0.1) is 0 Å². The number of fused-ring (bicyclic) bond motifs is 3. The summed E-state index contributed by atoms with van der Waals surface area (Å²) in [6, 6.07) is 6.15. The summed E-state index contributed by atoms with van der Waals surface area (Å²) in [5.41, 5.74) is 2.67. The van der Waals surface area contributed by atoms with Crippen LogP contribution in [0.2, 0.25) is 0 Å². The van der Waals surface area contributed by atoms with Crippen LogP contribution in [-0.2, 0) is 5.41 Å². The molecule has 5 heteroatoms. The van der Waals surface area contributed by atoms with E-state index in [1.54, 1.807) is 0 Å². The van der Waals surface area contributed by atoms with Crippen molar-refractivity contribution in [3.8, 4) is 5.75 Å². The first-order chi connectivity index (χ1) is 12.0. The van der Waals surface area contributed by atoms with Crippen molar-refractivity contribution < 1.29 is 9.53 Å². The molecule has 2 saturated heterocycles. The monoisotopic (exact) mass is 343 g/mol. The fourth-order valence-corrected chi connectivity index (χ4v) is 5.04. The quantitative estimate of drug-likeness (QED) is 0.783. The summed E-state index contributed by atoms with van der Waals surface area (Å²) >= 11 is 0. The van der Waals surface area contributed by atoms with Crippen molar-refractivity contribution in [1.29, 1.82) is 0 Å². The van der Waals surface area contributed by atoms with Gasteiger partial charge in [-0.1, -0.05) is 19.8 Å². The van der Waals surface area contributed by atoms with Crippen molar-refractivity contribution in [2.24, 2.45) is 0 Å². The Kier molecular flexibility index (Phi) is 4.14. The molecule has 5 nitrogen and oxygen atoms in total. The highest BCUT2D eigenvalue weighted by Gasteiger charge is 2.52. The first kappa shape index (κ1) is 16.7. The van der Waals surface area contributed by atoms with Crippen LogP contribution in [0.4, 0.5) is 10.5 Å². The molecule has 1 amide bonds. The molecule has 0 unspecified atom stereocenters. The predicted molar refractivity (Wildman–Crippen MR) is 99.3 cm³/mol. The van der Waals surface area contributed by atoms with Gasteiger partial charge in [-0.05, 0) is 50.1 Å². The third-order valence-corrected chi connectivity index (χ3v) is 6.37. The van der Waals surface area contributed by atoms with Gasteiger partial charge in [0.1, 0.15) is 5.75 Å². The Labute approximate surface area is 150 Å². The van der Waals surface area contributed by atoms with E-state index in [0.717, 1.165) is 38.9 Å². The average Bonchev–Trinajstić information content (AvgIpc) is 2.88. The Balaban J connectivity index is 1.56. The molecule has 0 bridgehead atoms. The van der Waals surface area contributed by atoms with Crippen molar-refractivity contribution in [3.05, 3.63) is 23.8 Å². The van der Waals surface area contributed by atoms with Gasteiger partial charge in [0.05, 0.1) is 6.17 Å². The first-order valence-corrected chi connectivity index (χ1v) is 9.55. The summed E-state index contributed by atoms with van der Waals surface area (Å²) in [4.78, 5) is 19.2. The van der Waals surface area contributed by atoms with Crippen molar-refractivity contribution >= 4 is 11.8 Å². The zero-order valence-electron chi connectivity index (χ0n) is 15.6. The number of anilines is 1. The molecule has 1 aromatic carbocycles. The molecule has 4 rings (SSSR count). The van der Waals surface area contributed by atoms with Crippen LogP contribution in [0, 0.1) is 0 Å². The van der Waals surface area contributed by atoms with Gasteiger partial charge in [0.2, 0.25) is 0 Å². The molecule has 25 heavy (non-hydrogen) atoms. The van der Waals surface area contributed by atoms with Crippen LogP contribution in [0.25, 0.3) is 0 Å². The molecule has 0 aliphatic carbocycles. The fraction of sp³-hybridized carbons (Fsp3) is 0.650. The Morgan fingerprint density at radius 2 is 1.84 bits per heavy atom. The molecule has 136 valence electrons. The smallest absolute Gasteiger partial charge is 0.410 e. The lowest BCUT2D eigenvalue weighted by Gasteiger charge is -2.32. The fourth-order valence-electron chi connectivity index (χ4n) is 5.04. The molecular weight excluding hydrogens is 314 g/mol. The van der Waals surface area contributed by atoms with Crippen LogP contribution in [-0.4, -0.2) is 55.8 Å². The topological polar surface area (TPSA) is 36.0 Å². The van der Waals surface area contributed by atoms with Crippen LogP contribution in [0.3, 0.4) is 0 Å². The third kappa shape index (κ3) is 2.69. The summed E-state index contributed by atoms with van der Waals surface area (Å²) < 4.78 is 5.75. The van der Waals surface area contributed by atoms with Gasteiger partial charge >= 0.3 is 6.09 Å². The minimum absolute atomic E-state index is 0.101. The summed E-state index contributed by atoms with van der Waals surface area (Å²) in [6.07, 6.45) is 5.91. The van der Waals surface area contributed by atoms with Crippen molar-refractivity contribution in [3.63, 3.8) is 0 Å². The molecule has 2 fully saturated rings. The van der Waals surface area contributed by atoms with Crippen LogP contribution < -0.4 is 9.64 Å². The van der Waals surface area contributed by atoms with Crippen LogP contribution in [0.1, 0.15) is 44.6 Å². The molecular formula is C20H29N3O2. The van der Waals surface area contributed by atoms with Crippen LogP contribution in [0.5, 0.6) is 5.75 Å². The molecule has 0 aromatic heterocycles. The summed E-state index contributed by atoms with van der Waals surface area (Å²) in [6.45, 7) is 5.07. The number of rotatable bonds is 1. The lowest BCUT2D eigenvalue weighted by atomic mass is 9.81. The van der Waals surface area contributed by atoms with E-state index in [0.29, 0.717) is 11.9 Å². The lowest BCUT2D eigenvalue weighted by Crippen LogP contribution is -2.45. The van der Waals surface area contributed by atoms with Crippen molar-refractivity contribution in [2.75, 3.05) is 38.6 Å². The number of likely N-dealkylation sites (tertiary alicyclic amines) is 2. The molecule has 2 atom stereocenters. The zero-order valence-corrected chi connectivity index (χ0v) is 15.6. The second kappa shape index (κ2) is 6.20. The number of benzene rings is 1. The van der Waals surface area contributed by atoms with Gasteiger partial charge in [-0.2, -0.15) is 0 Å². The zero-order chi connectivity index (χ0) is 17.6. The Hall–Kier alpha value is -1.75. The number of hydrogen-bond acceptors (Lipinski definition) is 4. The maximum atomic E-state index is 12.5. The molecule has 3 aliphatic heterocycles. The molecule has 1 aromatic rings. The first-order valence-electron chi connectivity index (χ1n) is 9.55. The number of hydrogen-bond donors (Lipinski definition) is 0. The number of amides is 1. The molecule has 0 radical (unpaired) electrons. The normalized spacial score (nSPS) is 29.3. The van der Waals surface area contributed by atoms with Gasteiger partial charge in [-0.3, -0.25) is 4.90 Å². The lowest BCUT2D eigenvalue weighted by molar-refractivity contribution is 0.154. The summed E-state index contributed by atoms with van der Waals surface area (Å²) in [7, 11) is 4.36. The second-order valence-electron chi connectivity index (χ2n) is 8.08. The third-order valence-electron chi connectivity index (χ3n) is 6.37. The van der Waals surface area contributed by atoms with E-state index >= 15 is 0 Å². The maximum Gasteiger partial charge on any atom is 0.415 e. The molecule has 0 spiro atoms. The molecule has 3 aliphatic rings. The summed E-state index contributed by atoms with van der Waals surface area (Å²) in [5.74, 6) is 0.679. The molecule has 0 saturated carbocycles. The number of carbonyl (C=O) groups is 1. The number of nitrogens with zero attached hydrogens (tertiary/aromatic N) is 3. The Morgan fingerprint density at radius 3 is 2.56 bits per heavy atom. The van der Waals surface area contributed by atoms with Gasteiger partial charge in [0.15, 0.2) is 0 Å². The van der Waals surface area contributed by atoms with E-state index < -0.39 is 0 Å². The SMILES string of the molecule is CN1CC[C@@]2(C)c3cc(OC(=O)N4CCCCCC4)ccc3N(C)[C@H]12. The van der Waals surface area contributed by atoms with Crippen molar-refractivity contribution in [2.45, 2.75) is 50.6 Å². The van der Waals surface area contributed by atoms with E-state index in [-0.39, 0.29) is 11.5 Å². The van der Waals surface area contributed by atoms with Crippen LogP contribution >= 0.6 is 0 Å². The maximum absolute atomic E-state index is 12.5. The second-order valence-corrected chi connectivity index (χ2v) is 8.08. The van der Waals surface area contributed by atoms with Gasteiger partial charge in [0, 0.05) is 37.8 Å². The van der Waals surface area contributed by atoms with E-state index in [4.69, 9.17) is 4.74 Å². The molecule has 0 N–H and O–H groups in total. The van der Waals surface area contributed by atoms with Gasteiger partial charge in [-0.25, -0.2) is 4.79 Å². The van der Waals surface area contributed by atoms with E-state index in [1.807, 2.05) is 11.0 Å².